The first-order valence-corrected chi connectivity index (χ1v) is 9.23. The van der Waals surface area contributed by atoms with Gasteiger partial charge in [-0.3, -0.25) is 19.0 Å². The third-order valence-electron chi connectivity index (χ3n) is 5.26. The maximum Gasteiger partial charge on any atom is 0.255 e. The number of pyridine rings is 1. The van der Waals surface area contributed by atoms with Crippen molar-refractivity contribution in [2.75, 3.05) is 0 Å². The Morgan fingerprint density at radius 3 is 2.50 bits per heavy atom. The van der Waals surface area contributed by atoms with E-state index >= 15 is 0 Å². The number of nitrogens with two attached hydrogens (primary N) is 1. The van der Waals surface area contributed by atoms with Crippen molar-refractivity contribution in [3.8, 4) is 11.8 Å². The van der Waals surface area contributed by atoms with Crippen LogP contribution in [0.5, 0.6) is 0 Å². The van der Waals surface area contributed by atoms with E-state index in [1.54, 1.807) is 67.2 Å². The Kier molecular flexibility index (Phi) is 4.68. The van der Waals surface area contributed by atoms with E-state index in [9.17, 15) is 19.6 Å². The van der Waals surface area contributed by atoms with Crippen molar-refractivity contribution in [1.29, 1.82) is 5.26 Å². The summed E-state index contributed by atoms with van der Waals surface area (Å²) < 4.78 is 1.46. The molecule has 0 saturated carbocycles. The molecule has 1 atom stereocenters. The number of nitriles is 1. The van der Waals surface area contributed by atoms with E-state index < -0.39 is 17.4 Å². The zero-order valence-corrected chi connectivity index (χ0v) is 15.8. The van der Waals surface area contributed by atoms with E-state index in [2.05, 4.69) is 11.4 Å². The molecule has 0 fully saturated rings. The third kappa shape index (κ3) is 3.05. The quantitative estimate of drug-likeness (QED) is 0.695. The van der Waals surface area contributed by atoms with Crippen molar-refractivity contribution < 1.29 is 9.59 Å². The molecule has 1 heterocycles. The zero-order valence-electron chi connectivity index (χ0n) is 15.8. The van der Waals surface area contributed by atoms with Gasteiger partial charge in [-0.1, -0.05) is 18.2 Å². The number of nitrogens with one attached hydrogen (secondary N) is 1. The number of carbonyl (C=O) groups excluding carboxylic acids is 2. The van der Waals surface area contributed by atoms with Crippen molar-refractivity contribution in [3.05, 3.63) is 106 Å². The van der Waals surface area contributed by atoms with Gasteiger partial charge >= 0.3 is 0 Å². The molecular weight excluding hydrogens is 380 g/mol. The van der Waals surface area contributed by atoms with Gasteiger partial charge in [0.05, 0.1) is 11.6 Å². The molecule has 1 aliphatic carbocycles. The topological polar surface area (TPSA) is 118 Å². The molecule has 1 aliphatic rings. The van der Waals surface area contributed by atoms with Gasteiger partial charge in [0.2, 0.25) is 5.91 Å². The molecule has 7 nitrogen and oxygen atoms in total. The lowest BCUT2D eigenvalue weighted by molar-refractivity contribution is -0.123. The van der Waals surface area contributed by atoms with Crippen LogP contribution in [0.1, 0.15) is 27.0 Å². The molecule has 2 amide bonds. The number of aromatic nitrogens is 1. The molecule has 1 radical (unpaired) electrons. The number of benzene rings is 2. The molecule has 0 spiro atoms. The SMILES string of the molecule is N#Cc1cccc2c1C[CH]C2(NC(=O)c1ccc(-n2ccccc2=O)cc1)C(N)=O. The molecule has 7 heteroatoms. The van der Waals surface area contributed by atoms with Crippen molar-refractivity contribution in [2.24, 2.45) is 5.73 Å². The molecule has 4 rings (SSSR count). The van der Waals surface area contributed by atoms with E-state index in [4.69, 9.17) is 5.73 Å². The minimum absolute atomic E-state index is 0.187. The summed E-state index contributed by atoms with van der Waals surface area (Å²) in [7, 11) is 0. The number of fused-ring (bicyclic) bond motifs is 1. The number of carbonyl (C=O) groups is 2. The van der Waals surface area contributed by atoms with E-state index in [1.807, 2.05) is 0 Å². The average molecular weight is 397 g/mol. The van der Waals surface area contributed by atoms with E-state index in [0.29, 0.717) is 34.4 Å². The Labute approximate surface area is 172 Å². The van der Waals surface area contributed by atoms with Crippen LogP contribution in [0.2, 0.25) is 0 Å². The summed E-state index contributed by atoms with van der Waals surface area (Å²) in [5.41, 5.74) is 6.55. The maximum atomic E-state index is 12.9. The molecule has 0 bridgehead atoms. The first-order valence-electron chi connectivity index (χ1n) is 9.23. The average Bonchev–Trinajstić information content (AvgIpc) is 3.14. The highest BCUT2D eigenvalue weighted by Gasteiger charge is 2.46. The second-order valence-electron chi connectivity index (χ2n) is 6.93. The molecule has 1 aromatic heterocycles. The molecule has 30 heavy (non-hydrogen) atoms. The minimum Gasteiger partial charge on any atom is -0.367 e. The predicted octanol–water partition coefficient (Wildman–Crippen LogP) is 1.58. The van der Waals surface area contributed by atoms with Crippen molar-refractivity contribution in [2.45, 2.75) is 12.0 Å². The lowest BCUT2D eigenvalue weighted by Gasteiger charge is -2.28. The largest absolute Gasteiger partial charge is 0.367 e. The fourth-order valence-corrected chi connectivity index (χ4v) is 3.72. The number of amides is 2. The van der Waals surface area contributed by atoms with Gasteiger partial charge in [-0.25, -0.2) is 0 Å². The van der Waals surface area contributed by atoms with Gasteiger partial charge in [0.15, 0.2) is 0 Å². The predicted molar refractivity (Wildman–Crippen MR) is 110 cm³/mol. The van der Waals surface area contributed by atoms with Crippen molar-refractivity contribution in [1.82, 2.24) is 9.88 Å². The first kappa shape index (κ1) is 19.2. The first-order chi connectivity index (χ1) is 14.5. The van der Waals surface area contributed by atoms with Crippen LogP contribution < -0.4 is 16.6 Å². The standard InChI is InChI=1S/C23H17N4O3/c24-14-16-4-3-5-19-18(16)11-12-23(19,22(25)30)26-21(29)15-7-9-17(10-8-15)27-13-2-1-6-20(27)28/h1-10,12-13H,11H2,(H2,25,30)(H,26,29). The van der Waals surface area contributed by atoms with Gasteiger partial charge in [-0.15, -0.1) is 0 Å². The summed E-state index contributed by atoms with van der Waals surface area (Å²) in [6.07, 6.45) is 3.60. The summed E-state index contributed by atoms with van der Waals surface area (Å²) in [4.78, 5) is 37.3. The van der Waals surface area contributed by atoms with Crippen LogP contribution in [0.15, 0.2) is 71.7 Å². The van der Waals surface area contributed by atoms with Crippen LogP contribution in [-0.2, 0) is 16.8 Å². The van der Waals surface area contributed by atoms with Crippen LogP contribution in [0.25, 0.3) is 5.69 Å². The van der Waals surface area contributed by atoms with Crippen LogP contribution in [-0.4, -0.2) is 16.4 Å². The summed E-state index contributed by atoms with van der Waals surface area (Å²) in [5, 5.41) is 12.1. The van der Waals surface area contributed by atoms with Gasteiger partial charge < -0.3 is 11.1 Å². The highest BCUT2D eigenvalue weighted by Crippen LogP contribution is 2.38. The number of primary amides is 1. The summed E-state index contributed by atoms with van der Waals surface area (Å²) >= 11 is 0. The fraction of sp³-hybridized carbons (Fsp3) is 0.0870. The second kappa shape index (κ2) is 7.33. The Hall–Kier alpha value is -4.18. The van der Waals surface area contributed by atoms with Gasteiger partial charge in [0.25, 0.3) is 11.5 Å². The lowest BCUT2D eigenvalue weighted by Crippen LogP contribution is -2.53. The zero-order chi connectivity index (χ0) is 21.3. The Morgan fingerprint density at radius 1 is 1.07 bits per heavy atom. The molecule has 147 valence electrons. The number of rotatable bonds is 4. The maximum absolute atomic E-state index is 12.9. The van der Waals surface area contributed by atoms with E-state index in [-0.39, 0.29) is 5.56 Å². The van der Waals surface area contributed by atoms with Crippen LogP contribution in [0.4, 0.5) is 0 Å². The number of hydrogen-bond acceptors (Lipinski definition) is 4. The highest BCUT2D eigenvalue weighted by atomic mass is 16.2. The van der Waals surface area contributed by atoms with Gasteiger partial charge in [-0.2, -0.15) is 5.26 Å². The van der Waals surface area contributed by atoms with Gasteiger partial charge in [0, 0.05) is 29.9 Å². The Morgan fingerprint density at radius 2 is 1.83 bits per heavy atom. The number of hydrogen-bond donors (Lipinski definition) is 2. The number of nitrogens with zero attached hydrogens (tertiary/aromatic N) is 2. The van der Waals surface area contributed by atoms with Crippen LogP contribution in [0.3, 0.4) is 0 Å². The van der Waals surface area contributed by atoms with Gasteiger partial charge in [-0.05, 0) is 53.9 Å². The monoisotopic (exact) mass is 397 g/mol. The normalized spacial score (nSPS) is 17.0. The van der Waals surface area contributed by atoms with Crippen LogP contribution >= 0.6 is 0 Å². The molecule has 0 saturated heterocycles. The second-order valence-corrected chi connectivity index (χ2v) is 6.93. The fourth-order valence-electron chi connectivity index (χ4n) is 3.72. The summed E-state index contributed by atoms with van der Waals surface area (Å²) in [5.74, 6) is -1.22. The van der Waals surface area contributed by atoms with E-state index in [1.165, 1.54) is 10.6 Å². The lowest BCUT2D eigenvalue weighted by atomic mass is 9.89. The summed E-state index contributed by atoms with van der Waals surface area (Å²) in [6.45, 7) is 0. The third-order valence-corrected chi connectivity index (χ3v) is 5.26. The molecule has 2 aromatic carbocycles. The highest BCUT2D eigenvalue weighted by molar-refractivity contribution is 6.01. The smallest absolute Gasteiger partial charge is 0.255 e. The minimum atomic E-state index is -1.49. The van der Waals surface area contributed by atoms with Crippen molar-refractivity contribution >= 4 is 11.8 Å². The molecular formula is C23H17N4O3. The molecule has 1 unspecified atom stereocenters. The summed E-state index contributed by atoms with van der Waals surface area (Å²) in [6, 6.07) is 18.4. The van der Waals surface area contributed by atoms with Crippen molar-refractivity contribution in [3.63, 3.8) is 0 Å². The Balaban J connectivity index is 1.65. The molecule has 3 N–H and O–H groups in total. The molecule has 3 aromatic rings. The van der Waals surface area contributed by atoms with Crippen LogP contribution in [0, 0.1) is 17.8 Å². The van der Waals surface area contributed by atoms with Gasteiger partial charge in [0.1, 0.15) is 5.54 Å². The van der Waals surface area contributed by atoms with E-state index in [0.717, 1.165) is 0 Å². The Bertz CT molecular complexity index is 1250. The molecule has 0 aliphatic heterocycles.